The number of aromatic nitrogens is 2. The predicted octanol–water partition coefficient (Wildman–Crippen LogP) is -0.822. The number of amides is 1. The summed E-state index contributed by atoms with van der Waals surface area (Å²) in [5.74, 6) is -0.316. The molecule has 11 nitrogen and oxygen atoms in total. The van der Waals surface area contributed by atoms with Gasteiger partial charge in [0.05, 0.1) is 12.0 Å². The first-order chi connectivity index (χ1) is 13.2. The second-order valence-corrected chi connectivity index (χ2v) is 7.54. The molecule has 0 aliphatic rings. The number of rotatable bonds is 9. The number of hydrogen-bond donors (Lipinski definition) is 4. The fourth-order valence-corrected chi connectivity index (χ4v) is 3.70. The van der Waals surface area contributed by atoms with Crippen LogP contribution in [0.1, 0.15) is 12.8 Å². The monoisotopic (exact) mass is 412 g/mol. The molecule has 1 unspecified atom stereocenters. The van der Waals surface area contributed by atoms with Gasteiger partial charge < -0.3 is 9.30 Å². The van der Waals surface area contributed by atoms with E-state index in [4.69, 9.17) is 9.94 Å². The van der Waals surface area contributed by atoms with Crippen LogP contribution in [0.3, 0.4) is 0 Å². The molecule has 2 aromatic rings. The third-order valence-electron chi connectivity index (χ3n) is 3.86. The van der Waals surface area contributed by atoms with Crippen LogP contribution < -0.4 is 26.2 Å². The minimum Gasteiger partial charge on any atom is -0.497 e. The molecular weight excluding hydrogens is 392 g/mol. The van der Waals surface area contributed by atoms with Gasteiger partial charge in [-0.25, -0.2) is 23.4 Å². The molecule has 152 valence electrons. The normalized spacial score (nSPS) is 12.4. The summed E-state index contributed by atoms with van der Waals surface area (Å²) in [6.45, 7) is 0.0319. The average molecular weight is 412 g/mol. The molecule has 2 rings (SSSR count). The zero-order valence-electron chi connectivity index (χ0n) is 14.9. The number of ether oxygens (including phenoxy) is 1. The van der Waals surface area contributed by atoms with E-state index in [1.54, 1.807) is 0 Å². The Morgan fingerprint density at radius 1 is 1.25 bits per heavy atom. The van der Waals surface area contributed by atoms with Crippen molar-refractivity contribution in [2.45, 2.75) is 30.3 Å². The third-order valence-corrected chi connectivity index (χ3v) is 5.40. The van der Waals surface area contributed by atoms with Gasteiger partial charge in [-0.05, 0) is 30.7 Å². The first-order valence-electron chi connectivity index (χ1n) is 8.14. The number of hydrogen-bond acceptors (Lipinski definition) is 7. The molecule has 1 atom stereocenters. The maximum Gasteiger partial charge on any atom is 0.328 e. The summed E-state index contributed by atoms with van der Waals surface area (Å²) < 4.78 is 33.7. The Balaban J connectivity index is 2.17. The van der Waals surface area contributed by atoms with Gasteiger partial charge in [-0.3, -0.25) is 19.8 Å². The minimum atomic E-state index is -3.97. The van der Waals surface area contributed by atoms with Gasteiger partial charge >= 0.3 is 5.69 Å². The highest BCUT2D eigenvalue weighted by molar-refractivity contribution is 7.89. The molecule has 1 amide bonds. The minimum absolute atomic E-state index is 0.0319. The molecule has 28 heavy (non-hydrogen) atoms. The lowest BCUT2D eigenvalue weighted by Crippen LogP contribution is -2.40. The smallest absolute Gasteiger partial charge is 0.328 e. The van der Waals surface area contributed by atoms with E-state index < -0.39 is 33.2 Å². The van der Waals surface area contributed by atoms with Crippen molar-refractivity contribution in [3.8, 4) is 5.75 Å². The molecular formula is C16H20N4O7S. The molecule has 1 aromatic carbocycles. The fraction of sp³-hybridized carbons (Fsp3) is 0.312. The number of carbonyl (C=O) groups excluding carboxylic acids is 1. The Labute approximate surface area is 160 Å². The number of methoxy groups -OCH3 is 1. The molecule has 4 N–H and O–H groups in total. The van der Waals surface area contributed by atoms with Crippen molar-refractivity contribution in [3.63, 3.8) is 0 Å². The summed E-state index contributed by atoms with van der Waals surface area (Å²) in [4.78, 5) is 36.4. The number of aryl methyl sites for hydroxylation is 1. The van der Waals surface area contributed by atoms with Gasteiger partial charge in [0, 0.05) is 31.3 Å². The summed E-state index contributed by atoms with van der Waals surface area (Å²) in [6, 6.07) is 5.87. The molecule has 0 aliphatic heterocycles. The lowest BCUT2D eigenvalue weighted by atomic mass is 10.1. The van der Waals surface area contributed by atoms with Crippen molar-refractivity contribution >= 4 is 15.9 Å². The standard InChI is InChI=1S/C16H20N4O7S/c1-27-12-2-4-13(5-3-12)28(25,26)19-11(10-15(22)18-24)6-8-20-9-7-14(21)17-16(20)23/h2-5,7,9,11,19,24H,6,8,10H2,1H3,(H,18,22)(H,17,21,23). The van der Waals surface area contributed by atoms with Crippen molar-refractivity contribution in [1.29, 1.82) is 0 Å². The second-order valence-electron chi connectivity index (χ2n) is 5.83. The molecule has 12 heteroatoms. The predicted molar refractivity (Wildman–Crippen MR) is 97.6 cm³/mol. The Kier molecular flexibility index (Phi) is 7.09. The van der Waals surface area contributed by atoms with Gasteiger partial charge in [-0.1, -0.05) is 0 Å². The summed E-state index contributed by atoms with van der Waals surface area (Å²) >= 11 is 0. The van der Waals surface area contributed by atoms with Gasteiger partial charge in [0.1, 0.15) is 5.75 Å². The molecule has 1 heterocycles. The number of hydroxylamine groups is 1. The van der Waals surface area contributed by atoms with Crippen LogP contribution >= 0.6 is 0 Å². The molecule has 0 spiro atoms. The number of sulfonamides is 1. The molecule has 0 saturated carbocycles. The topological polar surface area (TPSA) is 160 Å². The van der Waals surface area contributed by atoms with Crippen LogP contribution in [0.5, 0.6) is 5.75 Å². The van der Waals surface area contributed by atoms with Crippen LogP contribution in [0.25, 0.3) is 0 Å². The van der Waals surface area contributed by atoms with Crippen molar-refractivity contribution < 1.29 is 23.2 Å². The lowest BCUT2D eigenvalue weighted by molar-refractivity contribution is -0.129. The van der Waals surface area contributed by atoms with E-state index in [-0.39, 0.29) is 24.3 Å². The van der Waals surface area contributed by atoms with Crippen molar-refractivity contribution in [3.05, 3.63) is 57.4 Å². The first-order valence-corrected chi connectivity index (χ1v) is 9.62. The fourth-order valence-electron chi connectivity index (χ4n) is 2.43. The van der Waals surface area contributed by atoms with E-state index in [9.17, 15) is 22.8 Å². The average Bonchev–Trinajstić information content (AvgIpc) is 2.66. The SMILES string of the molecule is COc1ccc(S(=O)(=O)NC(CCn2ccc(=O)[nH]c2=O)CC(=O)NO)cc1. The molecule has 0 fully saturated rings. The van der Waals surface area contributed by atoms with Crippen LogP contribution in [-0.4, -0.2) is 42.2 Å². The van der Waals surface area contributed by atoms with Gasteiger partial charge in [-0.15, -0.1) is 0 Å². The Bertz CT molecular complexity index is 1030. The quantitative estimate of drug-likeness (QED) is 0.309. The highest BCUT2D eigenvalue weighted by atomic mass is 32.2. The molecule has 0 radical (unpaired) electrons. The maximum atomic E-state index is 12.6. The van der Waals surface area contributed by atoms with E-state index in [1.807, 2.05) is 0 Å². The molecule has 0 saturated heterocycles. The molecule has 1 aromatic heterocycles. The Hall–Kier alpha value is -2.96. The largest absolute Gasteiger partial charge is 0.497 e. The van der Waals surface area contributed by atoms with Gasteiger partial charge in [0.25, 0.3) is 5.56 Å². The summed E-state index contributed by atoms with van der Waals surface area (Å²) in [6.07, 6.45) is 0.959. The summed E-state index contributed by atoms with van der Waals surface area (Å²) in [5, 5.41) is 8.73. The zero-order valence-corrected chi connectivity index (χ0v) is 15.7. The van der Waals surface area contributed by atoms with E-state index in [1.165, 1.54) is 47.6 Å². The van der Waals surface area contributed by atoms with Crippen LogP contribution in [0.2, 0.25) is 0 Å². The highest BCUT2D eigenvalue weighted by Crippen LogP contribution is 2.16. The maximum absolute atomic E-state index is 12.6. The van der Waals surface area contributed by atoms with E-state index >= 15 is 0 Å². The summed E-state index contributed by atoms with van der Waals surface area (Å²) in [5.41, 5.74) is 0.232. The second kappa shape index (κ2) is 9.30. The van der Waals surface area contributed by atoms with Crippen molar-refractivity contribution in [2.75, 3.05) is 7.11 Å². The first kappa shape index (κ1) is 21.3. The van der Waals surface area contributed by atoms with E-state index in [0.29, 0.717) is 5.75 Å². The van der Waals surface area contributed by atoms with Crippen LogP contribution in [-0.2, 0) is 21.4 Å². The van der Waals surface area contributed by atoms with Crippen molar-refractivity contribution in [1.82, 2.24) is 19.8 Å². The Morgan fingerprint density at radius 2 is 1.93 bits per heavy atom. The van der Waals surface area contributed by atoms with E-state index in [0.717, 1.165) is 6.07 Å². The van der Waals surface area contributed by atoms with Gasteiger partial charge in [0.15, 0.2) is 0 Å². The van der Waals surface area contributed by atoms with Gasteiger partial charge in [0.2, 0.25) is 15.9 Å². The number of nitrogens with zero attached hydrogens (tertiary/aromatic N) is 1. The number of aromatic amines is 1. The third kappa shape index (κ3) is 5.77. The lowest BCUT2D eigenvalue weighted by Gasteiger charge is -2.18. The number of carbonyl (C=O) groups is 1. The highest BCUT2D eigenvalue weighted by Gasteiger charge is 2.22. The number of nitrogens with one attached hydrogen (secondary N) is 3. The molecule has 0 aliphatic carbocycles. The van der Waals surface area contributed by atoms with Crippen LogP contribution in [0, 0.1) is 0 Å². The Morgan fingerprint density at radius 3 is 2.50 bits per heavy atom. The zero-order chi connectivity index (χ0) is 20.7. The number of benzene rings is 1. The number of H-pyrrole nitrogens is 1. The molecule has 0 bridgehead atoms. The van der Waals surface area contributed by atoms with Crippen LogP contribution in [0.15, 0.2) is 51.0 Å². The van der Waals surface area contributed by atoms with Crippen molar-refractivity contribution in [2.24, 2.45) is 0 Å². The summed E-state index contributed by atoms with van der Waals surface area (Å²) in [7, 11) is -2.52. The van der Waals surface area contributed by atoms with E-state index in [2.05, 4.69) is 9.71 Å². The van der Waals surface area contributed by atoms with Gasteiger partial charge in [-0.2, -0.15) is 0 Å². The van der Waals surface area contributed by atoms with Crippen LogP contribution in [0.4, 0.5) is 0 Å².